The molecule has 0 unspecified atom stereocenters. The molecule has 66 valence electrons. The number of nitriles is 1. The Hall–Kier alpha value is -1.24. The molecule has 3 nitrogen and oxygen atoms in total. The average molecular weight is 215 g/mol. The van der Waals surface area contributed by atoms with Gasteiger partial charge in [0, 0.05) is 10.6 Å². The van der Waals surface area contributed by atoms with Gasteiger partial charge in [0.1, 0.15) is 6.07 Å². The van der Waals surface area contributed by atoms with E-state index in [0.717, 1.165) is 0 Å². The SMILES string of the molecule is N#C/C(=N/O)c1ccc(Cl)cc1Cl. The topological polar surface area (TPSA) is 56.4 Å². The zero-order chi connectivity index (χ0) is 9.84. The minimum absolute atomic E-state index is 0.137. The summed E-state index contributed by atoms with van der Waals surface area (Å²) in [4.78, 5) is 0. The summed E-state index contributed by atoms with van der Waals surface area (Å²) in [6.07, 6.45) is 0. The monoisotopic (exact) mass is 214 g/mol. The van der Waals surface area contributed by atoms with Gasteiger partial charge < -0.3 is 5.21 Å². The predicted molar refractivity (Wildman–Crippen MR) is 50.4 cm³/mol. The molecular weight excluding hydrogens is 211 g/mol. The van der Waals surface area contributed by atoms with E-state index in [9.17, 15) is 0 Å². The molecule has 13 heavy (non-hydrogen) atoms. The first-order chi connectivity index (χ1) is 6.19. The number of benzene rings is 1. The van der Waals surface area contributed by atoms with Crippen LogP contribution in [0.15, 0.2) is 23.4 Å². The molecule has 0 saturated heterocycles. The molecule has 0 spiro atoms. The molecule has 1 aromatic carbocycles. The molecule has 0 amide bonds. The maximum absolute atomic E-state index is 8.54. The smallest absolute Gasteiger partial charge is 0.188 e. The minimum Gasteiger partial charge on any atom is -0.410 e. The van der Waals surface area contributed by atoms with Crippen molar-refractivity contribution in [3.05, 3.63) is 33.8 Å². The Bertz CT molecular complexity index is 396. The van der Waals surface area contributed by atoms with Crippen molar-refractivity contribution in [3.63, 3.8) is 0 Å². The maximum atomic E-state index is 8.54. The van der Waals surface area contributed by atoms with E-state index < -0.39 is 0 Å². The average Bonchev–Trinajstić information content (AvgIpc) is 2.10. The number of rotatable bonds is 1. The lowest BCUT2D eigenvalue weighted by atomic mass is 10.1. The van der Waals surface area contributed by atoms with Crippen LogP contribution >= 0.6 is 23.2 Å². The summed E-state index contributed by atoms with van der Waals surface area (Å²) in [7, 11) is 0. The Morgan fingerprint density at radius 1 is 1.46 bits per heavy atom. The third-order valence-corrected chi connectivity index (χ3v) is 1.94. The van der Waals surface area contributed by atoms with Crippen molar-refractivity contribution < 1.29 is 5.21 Å². The first-order valence-corrected chi connectivity index (χ1v) is 4.02. The van der Waals surface area contributed by atoms with Gasteiger partial charge in [-0.1, -0.05) is 28.4 Å². The first kappa shape index (κ1) is 9.85. The molecule has 0 atom stereocenters. The summed E-state index contributed by atoms with van der Waals surface area (Å²) >= 11 is 11.4. The van der Waals surface area contributed by atoms with Crippen LogP contribution in [0, 0.1) is 11.3 Å². The van der Waals surface area contributed by atoms with Crippen LogP contribution in [-0.2, 0) is 0 Å². The van der Waals surface area contributed by atoms with Gasteiger partial charge in [-0.25, -0.2) is 0 Å². The third kappa shape index (κ3) is 2.11. The van der Waals surface area contributed by atoms with E-state index in [1.54, 1.807) is 12.1 Å². The molecule has 0 radical (unpaired) electrons. The molecule has 0 heterocycles. The molecule has 1 aromatic rings. The van der Waals surface area contributed by atoms with Gasteiger partial charge in [0.15, 0.2) is 5.71 Å². The fourth-order valence-corrected chi connectivity index (χ4v) is 1.32. The zero-order valence-corrected chi connectivity index (χ0v) is 7.84. The van der Waals surface area contributed by atoms with Crippen LogP contribution in [0.1, 0.15) is 5.56 Å². The Morgan fingerprint density at radius 3 is 2.62 bits per heavy atom. The summed E-state index contributed by atoms with van der Waals surface area (Å²) in [6, 6.07) is 6.25. The van der Waals surface area contributed by atoms with Gasteiger partial charge in [-0.3, -0.25) is 0 Å². The number of halogens is 2. The van der Waals surface area contributed by atoms with Gasteiger partial charge in [-0.2, -0.15) is 5.26 Å². The highest BCUT2D eigenvalue weighted by Crippen LogP contribution is 2.21. The molecule has 0 aliphatic heterocycles. The summed E-state index contributed by atoms with van der Waals surface area (Å²) in [5.74, 6) is 0. The molecule has 0 aromatic heterocycles. The lowest BCUT2D eigenvalue weighted by molar-refractivity contribution is 0.320. The normalized spacial score (nSPS) is 11.0. The van der Waals surface area contributed by atoms with E-state index in [4.69, 9.17) is 33.7 Å². The summed E-state index contributed by atoms with van der Waals surface area (Å²) < 4.78 is 0. The van der Waals surface area contributed by atoms with Crippen molar-refractivity contribution in [2.45, 2.75) is 0 Å². The Kier molecular flexibility index (Phi) is 3.13. The van der Waals surface area contributed by atoms with Crippen molar-refractivity contribution in [2.24, 2.45) is 5.16 Å². The summed E-state index contributed by atoms with van der Waals surface area (Å²) in [5, 5.41) is 20.5. The molecule has 1 rings (SSSR count). The van der Waals surface area contributed by atoms with Gasteiger partial charge in [-0.05, 0) is 18.2 Å². The standard InChI is InChI=1S/C8H4Cl2N2O/c9-5-1-2-6(7(10)3-5)8(4-11)12-13/h1-3,13H/b12-8-. The van der Waals surface area contributed by atoms with Crippen LogP contribution in [-0.4, -0.2) is 10.9 Å². The Morgan fingerprint density at radius 2 is 2.15 bits per heavy atom. The fraction of sp³-hybridized carbons (Fsp3) is 0. The molecule has 0 fully saturated rings. The third-order valence-electron chi connectivity index (χ3n) is 1.39. The second-order valence-electron chi connectivity index (χ2n) is 2.18. The second kappa shape index (κ2) is 4.13. The number of hydrogen-bond donors (Lipinski definition) is 1. The molecule has 5 heteroatoms. The summed E-state index contributed by atoms with van der Waals surface area (Å²) in [6.45, 7) is 0. The first-order valence-electron chi connectivity index (χ1n) is 3.26. The van der Waals surface area contributed by atoms with Gasteiger partial charge in [0.05, 0.1) is 5.02 Å². The van der Waals surface area contributed by atoms with Gasteiger partial charge >= 0.3 is 0 Å². The van der Waals surface area contributed by atoms with Crippen molar-refractivity contribution in [1.82, 2.24) is 0 Å². The van der Waals surface area contributed by atoms with E-state index in [2.05, 4.69) is 5.16 Å². The molecule has 0 saturated carbocycles. The molecular formula is C8H4Cl2N2O. The van der Waals surface area contributed by atoms with Gasteiger partial charge in [0.25, 0.3) is 0 Å². The van der Waals surface area contributed by atoms with Crippen molar-refractivity contribution in [2.75, 3.05) is 0 Å². The molecule has 0 aliphatic carbocycles. The Labute approximate surface area is 84.8 Å². The number of oxime groups is 1. The second-order valence-corrected chi connectivity index (χ2v) is 3.03. The maximum Gasteiger partial charge on any atom is 0.188 e. The minimum atomic E-state index is -0.137. The quantitative estimate of drug-likeness (QED) is 0.444. The van der Waals surface area contributed by atoms with E-state index in [1.807, 2.05) is 0 Å². The molecule has 0 bridgehead atoms. The number of hydrogen-bond acceptors (Lipinski definition) is 3. The van der Waals surface area contributed by atoms with Crippen LogP contribution in [0.5, 0.6) is 0 Å². The molecule has 1 N–H and O–H groups in total. The highest BCUT2D eigenvalue weighted by molar-refractivity contribution is 6.37. The van der Waals surface area contributed by atoms with Gasteiger partial charge in [0.2, 0.25) is 0 Å². The largest absolute Gasteiger partial charge is 0.410 e. The van der Waals surface area contributed by atoms with Crippen molar-refractivity contribution >= 4 is 28.9 Å². The van der Waals surface area contributed by atoms with Crippen LogP contribution < -0.4 is 0 Å². The fourth-order valence-electron chi connectivity index (χ4n) is 0.818. The van der Waals surface area contributed by atoms with Crippen LogP contribution in [0.4, 0.5) is 0 Å². The predicted octanol–water partition coefficient (Wildman–Crippen LogP) is 2.70. The van der Waals surface area contributed by atoms with E-state index in [-0.39, 0.29) is 10.7 Å². The van der Waals surface area contributed by atoms with E-state index >= 15 is 0 Å². The van der Waals surface area contributed by atoms with Crippen LogP contribution in [0.3, 0.4) is 0 Å². The highest BCUT2D eigenvalue weighted by atomic mass is 35.5. The highest BCUT2D eigenvalue weighted by Gasteiger charge is 2.07. The lowest BCUT2D eigenvalue weighted by Crippen LogP contribution is -1.97. The zero-order valence-electron chi connectivity index (χ0n) is 6.33. The molecule has 0 aliphatic rings. The van der Waals surface area contributed by atoms with Crippen molar-refractivity contribution in [1.29, 1.82) is 5.26 Å². The van der Waals surface area contributed by atoms with Crippen LogP contribution in [0.2, 0.25) is 10.0 Å². The van der Waals surface area contributed by atoms with Crippen LogP contribution in [0.25, 0.3) is 0 Å². The Balaban J connectivity index is 3.25. The lowest BCUT2D eigenvalue weighted by Gasteiger charge is -1.99. The van der Waals surface area contributed by atoms with Gasteiger partial charge in [-0.15, -0.1) is 0 Å². The van der Waals surface area contributed by atoms with E-state index in [0.29, 0.717) is 10.6 Å². The van der Waals surface area contributed by atoms with E-state index in [1.165, 1.54) is 12.1 Å². The van der Waals surface area contributed by atoms with Crippen molar-refractivity contribution in [3.8, 4) is 6.07 Å². The summed E-state index contributed by atoms with van der Waals surface area (Å²) in [5.41, 5.74) is 0.220. The number of nitrogens with zero attached hydrogens (tertiary/aromatic N) is 2.